The Morgan fingerprint density at radius 2 is 1.76 bits per heavy atom. The molecule has 2 aromatic heterocycles. The average molecular weight is 464 g/mol. The lowest BCUT2D eigenvalue weighted by atomic mass is 10.1. The van der Waals surface area contributed by atoms with Crippen LogP contribution in [-0.2, 0) is 25.9 Å². The van der Waals surface area contributed by atoms with Crippen molar-refractivity contribution in [1.82, 2.24) is 8.96 Å². The molecular formula is C25H25N3O4S. The summed E-state index contributed by atoms with van der Waals surface area (Å²) in [6.07, 6.45) is 4.45. The minimum Gasteiger partial charge on any atom is -0.355 e. The first-order valence-electron chi connectivity index (χ1n) is 10.9. The first-order chi connectivity index (χ1) is 16.0. The molecule has 4 aromatic rings. The van der Waals surface area contributed by atoms with E-state index in [0.717, 1.165) is 27.9 Å². The molecule has 170 valence electrons. The van der Waals surface area contributed by atoms with E-state index in [4.69, 9.17) is 9.47 Å². The molecule has 0 bridgehead atoms. The Bertz CT molecular complexity index is 1360. The Balaban J connectivity index is 1.57. The molecule has 1 aliphatic heterocycles. The van der Waals surface area contributed by atoms with Gasteiger partial charge in [0, 0.05) is 29.9 Å². The van der Waals surface area contributed by atoms with Crippen LogP contribution in [0.2, 0.25) is 0 Å². The molecule has 0 spiro atoms. The third-order valence-electron chi connectivity index (χ3n) is 5.72. The Morgan fingerprint density at radius 1 is 1.03 bits per heavy atom. The van der Waals surface area contributed by atoms with Crippen LogP contribution in [0.1, 0.15) is 17.5 Å². The number of aromatic nitrogens is 2. The normalized spacial score (nSPS) is 14.7. The highest BCUT2D eigenvalue weighted by atomic mass is 32.2. The van der Waals surface area contributed by atoms with Gasteiger partial charge in [0.15, 0.2) is 11.9 Å². The minimum atomic E-state index is -3.78. The molecule has 8 heteroatoms. The van der Waals surface area contributed by atoms with Gasteiger partial charge in [-0.2, -0.15) is 0 Å². The predicted octanol–water partition coefficient (Wildman–Crippen LogP) is 4.63. The number of anilines is 2. The molecule has 0 amide bonds. The first kappa shape index (κ1) is 21.6. The summed E-state index contributed by atoms with van der Waals surface area (Å²) in [6.45, 7) is 3.14. The molecule has 33 heavy (non-hydrogen) atoms. The van der Waals surface area contributed by atoms with Gasteiger partial charge in [-0.1, -0.05) is 35.9 Å². The summed E-state index contributed by atoms with van der Waals surface area (Å²) in [5.41, 5.74) is 4.09. The lowest BCUT2D eigenvalue weighted by Gasteiger charge is -2.15. The molecule has 1 saturated heterocycles. The van der Waals surface area contributed by atoms with Crippen LogP contribution in [0.15, 0.2) is 78.0 Å². The van der Waals surface area contributed by atoms with Crippen LogP contribution in [0.3, 0.4) is 0 Å². The SMILES string of the molecule is Cc1ccc(S(=O)(=O)n2ccc3c(Nc4ccccc4)c(CCC4OCCO4)cnc32)cc1. The van der Waals surface area contributed by atoms with Crippen molar-refractivity contribution in [3.05, 3.63) is 84.2 Å². The molecule has 3 heterocycles. The molecule has 1 aliphatic rings. The molecule has 7 nitrogen and oxygen atoms in total. The van der Waals surface area contributed by atoms with Gasteiger partial charge in [0.2, 0.25) is 0 Å². The van der Waals surface area contributed by atoms with Gasteiger partial charge in [0.25, 0.3) is 10.0 Å². The number of hydrogen-bond acceptors (Lipinski definition) is 6. The van der Waals surface area contributed by atoms with Crippen molar-refractivity contribution in [3.63, 3.8) is 0 Å². The largest absolute Gasteiger partial charge is 0.355 e. The van der Waals surface area contributed by atoms with Gasteiger partial charge < -0.3 is 14.8 Å². The molecule has 0 aliphatic carbocycles. The Kier molecular flexibility index (Phi) is 5.88. The van der Waals surface area contributed by atoms with Crippen LogP contribution in [0, 0.1) is 6.92 Å². The van der Waals surface area contributed by atoms with Gasteiger partial charge in [-0.05, 0) is 49.2 Å². The number of pyridine rings is 1. The number of nitrogens with zero attached hydrogens (tertiary/aromatic N) is 2. The van der Waals surface area contributed by atoms with Crippen molar-refractivity contribution in [2.45, 2.75) is 31.0 Å². The third-order valence-corrected chi connectivity index (χ3v) is 7.40. The van der Waals surface area contributed by atoms with E-state index in [1.165, 1.54) is 3.97 Å². The van der Waals surface area contributed by atoms with Gasteiger partial charge in [0.1, 0.15) is 0 Å². The van der Waals surface area contributed by atoms with E-state index >= 15 is 0 Å². The molecule has 1 N–H and O–H groups in total. The van der Waals surface area contributed by atoms with Crippen LogP contribution in [0.4, 0.5) is 11.4 Å². The van der Waals surface area contributed by atoms with Gasteiger partial charge in [-0.15, -0.1) is 0 Å². The number of rotatable bonds is 7. The maximum Gasteiger partial charge on any atom is 0.269 e. The van der Waals surface area contributed by atoms with E-state index in [-0.39, 0.29) is 11.2 Å². The number of nitrogens with one attached hydrogen (secondary N) is 1. The molecular weight excluding hydrogens is 438 g/mol. The molecule has 5 rings (SSSR count). The Morgan fingerprint density at radius 3 is 2.48 bits per heavy atom. The van der Waals surface area contributed by atoms with Crippen molar-refractivity contribution < 1.29 is 17.9 Å². The zero-order valence-corrected chi connectivity index (χ0v) is 19.1. The molecule has 0 unspecified atom stereocenters. The number of hydrogen-bond donors (Lipinski definition) is 1. The van der Waals surface area contributed by atoms with E-state index in [1.807, 2.05) is 37.3 Å². The van der Waals surface area contributed by atoms with Crippen molar-refractivity contribution in [2.75, 3.05) is 18.5 Å². The van der Waals surface area contributed by atoms with Crippen LogP contribution in [0.25, 0.3) is 11.0 Å². The average Bonchev–Trinajstić information content (AvgIpc) is 3.50. The number of fused-ring (bicyclic) bond motifs is 1. The smallest absolute Gasteiger partial charge is 0.269 e. The Hall–Kier alpha value is -3.20. The summed E-state index contributed by atoms with van der Waals surface area (Å²) in [6, 6.07) is 18.4. The van der Waals surface area contributed by atoms with Crippen LogP contribution >= 0.6 is 0 Å². The predicted molar refractivity (Wildman–Crippen MR) is 127 cm³/mol. The first-order valence-corrected chi connectivity index (χ1v) is 12.3. The quantitative estimate of drug-likeness (QED) is 0.430. The van der Waals surface area contributed by atoms with E-state index < -0.39 is 10.0 Å². The second kappa shape index (κ2) is 8.97. The second-order valence-corrected chi connectivity index (χ2v) is 9.84. The van der Waals surface area contributed by atoms with E-state index in [1.54, 1.807) is 42.7 Å². The lowest BCUT2D eigenvalue weighted by Crippen LogP contribution is -2.13. The van der Waals surface area contributed by atoms with Crippen molar-refractivity contribution >= 4 is 32.4 Å². The summed E-state index contributed by atoms with van der Waals surface area (Å²) >= 11 is 0. The van der Waals surface area contributed by atoms with Crippen LogP contribution < -0.4 is 5.32 Å². The lowest BCUT2D eigenvalue weighted by molar-refractivity contribution is -0.0461. The van der Waals surface area contributed by atoms with Gasteiger partial charge in [-0.25, -0.2) is 17.4 Å². The number of benzene rings is 2. The van der Waals surface area contributed by atoms with Crippen molar-refractivity contribution in [3.8, 4) is 0 Å². The van der Waals surface area contributed by atoms with Crippen LogP contribution in [0.5, 0.6) is 0 Å². The molecule has 0 radical (unpaired) electrons. The third kappa shape index (κ3) is 4.37. The zero-order chi connectivity index (χ0) is 22.8. The topological polar surface area (TPSA) is 82.5 Å². The van der Waals surface area contributed by atoms with Gasteiger partial charge in [-0.3, -0.25) is 0 Å². The van der Waals surface area contributed by atoms with Crippen molar-refractivity contribution in [1.29, 1.82) is 0 Å². The maximum atomic E-state index is 13.3. The fraction of sp³-hybridized carbons (Fsp3) is 0.240. The number of para-hydroxylation sites is 1. The summed E-state index contributed by atoms with van der Waals surface area (Å²) in [5, 5.41) is 4.21. The summed E-state index contributed by atoms with van der Waals surface area (Å²) in [5.74, 6) is 0. The van der Waals surface area contributed by atoms with Gasteiger partial charge in [0.05, 0.1) is 23.8 Å². The summed E-state index contributed by atoms with van der Waals surface area (Å²) in [4.78, 5) is 4.79. The van der Waals surface area contributed by atoms with Crippen molar-refractivity contribution in [2.24, 2.45) is 0 Å². The fourth-order valence-corrected chi connectivity index (χ4v) is 5.27. The summed E-state index contributed by atoms with van der Waals surface area (Å²) < 4.78 is 39.1. The zero-order valence-electron chi connectivity index (χ0n) is 18.3. The van der Waals surface area contributed by atoms with E-state index in [2.05, 4.69) is 10.3 Å². The highest BCUT2D eigenvalue weighted by molar-refractivity contribution is 7.90. The highest BCUT2D eigenvalue weighted by Crippen LogP contribution is 2.32. The molecule has 1 fully saturated rings. The maximum absolute atomic E-state index is 13.3. The van der Waals surface area contributed by atoms with E-state index in [9.17, 15) is 8.42 Å². The number of aryl methyl sites for hydroxylation is 2. The van der Waals surface area contributed by atoms with E-state index in [0.29, 0.717) is 31.7 Å². The van der Waals surface area contributed by atoms with Crippen LogP contribution in [-0.4, -0.2) is 36.9 Å². The monoisotopic (exact) mass is 463 g/mol. The second-order valence-electron chi connectivity index (χ2n) is 8.03. The molecule has 0 atom stereocenters. The molecule has 2 aromatic carbocycles. The standard InChI is InChI=1S/C25H25N3O4S/c1-18-7-10-21(11-8-18)33(29,30)28-14-13-22-24(27-20-5-3-2-4-6-20)19(17-26-25(22)28)9-12-23-31-15-16-32-23/h2-8,10-11,13-14,17,23H,9,12,15-16H2,1H3,(H,26,27). The van der Waals surface area contributed by atoms with Gasteiger partial charge >= 0.3 is 0 Å². The highest BCUT2D eigenvalue weighted by Gasteiger charge is 2.23. The fourth-order valence-electron chi connectivity index (χ4n) is 3.97. The Labute approximate surface area is 193 Å². The minimum absolute atomic E-state index is 0.225. The number of ether oxygens (including phenoxy) is 2. The molecule has 0 saturated carbocycles. The summed E-state index contributed by atoms with van der Waals surface area (Å²) in [7, 11) is -3.78.